The topological polar surface area (TPSA) is 159 Å². The number of halogens is 2. The molecule has 2 fully saturated rings. The summed E-state index contributed by atoms with van der Waals surface area (Å²) in [4.78, 5) is 22.6. The van der Waals surface area contributed by atoms with E-state index in [1.165, 1.54) is 18.3 Å². The molecule has 8 N–H and O–H groups in total. The highest BCUT2D eigenvalue weighted by Crippen LogP contribution is 2.30. The van der Waals surface area contributed by atoms with Crippen LogP contribution in [-0.4, -0.2) is 75.3 Å². The maximum absolute atomic E-state index is 14.0. The summed E-state index contributed by atoms with van der Waals surface area (Å²) in [6.07, 6.45) is 4.01. The van der Waals surface area contributed by atoms with Crippen LogP contribution in [0.1, 0.15) is 45.5 Å². The molecule has 1 amide bonds. The number of rotatable bonds is 9. The number of carbonyl (C=O) groups excluding carboxylic acids is 1. The zero-order valence-corrected chi connectivity index (χ0v) is 25.9. The number of anilines is 3. The molecule has 2 heterocycles. The summed E-state index contributed by atoms with van der Waals surface area (Å²) in [6, 6.07) is 12.3. The number of amidine groups is 1. The third-order valence-corrected chi connectivity index (χ3v) is 8.42. The number of nitrogens with zero attached hydrogens (tertiary/aromatic N) is 3. The predicted molar refractivity (Wildman–Crippen MR) is 180 cm³/mol. The smallest absolute Gasteiger partial charge is 0.281 e. The van der Waals surface area contributed by atoms with Crippen LogP contribution in [0.2, 0.25) is 0 Å². The number of carbonyl (C=O) groups is 1. The number of aliphatic imine (C=N–C) groups is 1. The summed E-state index contributed by atoms with van der Waals surface area (Å²) in [6.45, 7) is 4.94. The molecule has 0 spiro atoms. The van der Waals surface area contributed by atoms with Crippen LogP contribution in [0.25, 0.3) is 5.57 Å². The van der Waals surface area contributed by atoms with Crippen molar-refractivity contribution in [2.75, 3.05) is 62.4 Å². The molecule has 0 radical (unpaired) electrons. The van der Waals surface area contributed by atoms with Gasteiger partial charge in [0.05, 0.1) is 5.56 Å². The zero-order chi connectivity index (χ0) is 32.8. The number of nitrogens with two attached hydrogens (primary N) is 3. The van der Waals surface area contributed by atoms with Crippen LogP contribution in [0.3, 0.4) is 0 Å². The Hall–Kier alpha value is -4.81. The Labute approximate surface area is 267 Å². The van der Waals surface area contributed by atoms with Gasteiger partial charge in [0.25, 0.3) is 5.91 Å². The van der Waals surface area contributed by atoms with Gasteiger partial charge in [0.15, 0.2) is 0 Å². The number of nitrogens with one attached hydrogen (secondary N) is 2. The average molecular weight is 631 g/mol. The van der Waals surface area contributed by atoms with Gasteiger partial charge in [-0.25, -0.2) is 8.78 Å². The summed E-state index contributed by atoms with van der Waals surface area (Å²) in [5.41, 5.74) is 22.8. The van der Waals surface area contributed by atoms with Crippen LogP contribution < -0.4 is 27.4 Å². The molecule has 2 aliphatic rings. The first kappa shape index (κ1) is 32.6. The number of likely N-dealkylation sites (N-methyl/N-ethyl adjacent to an activating group) is 1. The van der Waals surface area contributed by atoms with Crippen molar-refractivity contribution in [3.63, 3.8) is 0 Å². The first-order valence-electron chi connectivity index (χ1n) is 15.3. The fourth-order valence-electron chi connectivity index (χ4n) is 5.84. The number of amides is 1. The summed E-state index contributed by atoms with van der Waals surface area (Å²) in [5, 5.41) is 11.3. The van der Waals surface area contributed by atoms with Gasteiger partial charge in [-0.05, 0) is 85.5 Å². The molecule has 2 saturated heterocycles. The molecule has 12 heteroatoms. The second-order valence-electron chi connectivity index (χ2n) is 11.7. The second-order valence-corrected chi connectivity index (χ2v) is 11.7. The number of benzene rings is 3. The fraction of sp³-hybridized carbons (Fsp3) is 0.324. The van der Waals surface area contributed by atoms with E-state index in [0.717, 1.165) is 57.0 Å². The number of allylic oxidation sites excluding steroid dienone is 1. The molecule has 3 aromatic rings. The first-order chi connectivity index (χ1) is 22.1. The van der Waals surface area contributed by atoms with Gasteiger partial charge in [0.2, 0.25) is 0 Å². The van der Waals surface area contributed by atoms with Gasteiger partial charge < -0.3 is 42.5 Å². The van der Waals surface area contributed by atoms with E-state index in [-0.39, 0.29) is 29.5 Å². The summed E-state index contributed by atoms with van der Waals surface area (Å²) in [5.74, 6) is -2.10. The van der Waals surface area contributed by atoms with Crippen molar-refractivity contribution in [1.29, 1.82) is 5.41 Å². The van der Waals surface area contributed by atoms with Crippen LogP contribution >= 0.6 is 0 Å². The van der Waals surface area contributed by atoms with Gasteiger partial charge in [-0.1, -0.05) is 0 Å². The molecule has 0 atom stereocenters. The van der Waals surface area contributed by atoms with Gasteiger partial charge >= 0.3 is 0 Å². The molecule has 2 aliphatic heterocycles. The van der Waals surface area contributed by atoms with Crippen molar-refractivity contribution in [1.82, 2.24) is 4.90 Å². The van der Waals surface area contributed by atoms with Crippen LogP contribution in [-0.2, 0) is 11.2 Å². The van der Waals surface area contributed by atoms with E-state index in [0.29, 0.717) is 46.7 Å². The number of hydrogen-bond acceptors (Lipinski definition) is 8. The van der Waals surface area contributed by atoms with E-state index in [4.69, 9.17) is 27.3 Å². The molecule has 0 aliphatic carbocycles. The van der Waals surface area contributed by atoms with Crippen LogP contribution in [0.15, 0.2) is 59.7 Å². The molecule has 3 aromatic carbocycles. The molecule has 0 saturated carbocycles. The predicted octanol–water partition coefficient (Wildman–Crippen LogP) is 3.98. The van der Waals surface area contributed by atoms with Crippen molar-refractivity contribution in [3.05, 3.63) is 94.2 Å². The van der Waals surface area contributed by atoms with Gasteiger partial charge in [0, 0.05) is 92.1 Å². The van der Waals surface area contributed by atoms with Crippen LogP contribution in [0.5, 0.6) is 0 Å². The Morgan fingerprint density at radius 2 is 1.72 bits per heavy atom. The highest BCUT2D eigenvalue weighted by molar-refractivity contribution is 6.14. The Morgan fingerprint density at radius 1 is 1.02 bits per heavy atom. The SMILES string of the molecule is CN1CCN(c2ccc(C(=O)N=C(N)c3cc(Cc4cc(F)cc(F)c4)c(C(C=N)=CN)cc3N)c(NC3CCOCC3)c2)CC1. The highest BCUT2D eigenvalue weighted by Gasteiger charge is 2.22. The number of nitrogen functional groups attached to an aromatic ring is 1. The van der Waals surface area contributed by atoms with Crippen molar-refractivity contribution in [2.45, 2.75) is 25.3 Å². The first-order valence-corrected chi connectivity index (χ1v) is 15.3. The Balaban J connectivity index is 1.50. The van der Waals surface area contributed by atoms with Crippen molar-refractivity contribution >= 4 is 40.6 Å². The molecule has 46 heavy (non-hydrogen) atoms. The quantitative estimate of drug-likeness (QED) is 0.135. The van der Waals surface area contributed by atoms with E-state index >= 15 is 0 Å². The number of hydrogen-bond donors (Lipinski definition) is 5. The lowest BCUT2D eigenvalue weighted by atomic mass is 9.92. The largest absolute Gasteiger partial charge is 0.404 e. The molecule has 0 unspecified atom stereocenters. The Bertz CT molecular complexity index is 1640. The minimum atomic E-state index is -0.718. The van der Waals surface area contributed by atoms with Crippen LogP contribution in [0, 0.1) is 17.0 Å². The maximum Gasteiger partial charge on any atom is 0.281 e. The molecule has 10 nitrogen and oxygen atoms in total. The lowest BCUT2D eigenvalue weighted by molar-refractivity contribution is 0.0904. The summed E-state index contributed by atoms with van der Waals surface area (Å²) >= 11 is 0. The number of piperazine rings is 1. The molecular weight excluding hydrogens is 590 g/mol. The van der Waals surface area contributed by atoms with Gasteiger partial charge in [0.1, 0.15) is 17.5 Å². The molecule has 242 valence electrons. The third kappa shape index (κ3) is 7.69. The van der Waals surface area contributed by atoms with E-state index in [2.05, 4.69) is 27.2 Å². The minimum absolute atomic E-state index is 0.0800. The van der Waals surface area contributed by atoms with E-state index in [1.807, 2.05) is 12.1 Å². The summed E-state index contributed by atoms with van der Waals surface area (Å²) < 4.78 is 33.5. The molecule has 5 rings (SSSR count). The van der Waals surface area contributed by atoms with Crippen LogP contribution in [0.4, 0.5) is 25.8 Å². The van der Waals surface area contributed by atoms with E-state index in [1.54, 1.807) is 18.2 Å². The number of ether oxygens (including phenoxy) is 1. The van der Waals surface area contributed by atoms with Gasteiger partial charge in [-0.3, -0.25) is 4.79 Å². The lowest BCUT2D eigenvalue weighted by Crippen LogP contribution is -2.44. The normalized spacial score (nSPS) is 16.8. The second kappa shape index (κ2) is 14.5. The molecular formula is C34H40F2N8O2. The van der Waals surface area contributed by atoms with E-state index < -0.39 is 17.5 Å². The highest BCUT2D eigenvalue weighted by atomic mass is 19.1. The standard InChI is InChI=1S/C34H40F2N8O2/c1-43-6-8-44(9-7-43)27-2-3-28(32(17-27)41-26-4-10-46-11-5-26)34(45)42-33(40)30-15-22(12-21-13-24(35)16-25(36)14-21)29(18-31(30)39)23(19-37)20-38/h2-3,13-20,26,37,41H,4-12,38-39H2,1H3,(H2,40,42,45). The van der Waals surface area contributed by atoms with Gasteiger partial charge in [-0.15, -0.1) is 0 Å². The summed E-state index contributed by atoms with van der Waals surface area (Å²) in [7, 11) is 2.10. The van der Waals surface area contributed by atoms with Crippen molar-refractivity contribution < 1.29 is 18.3 Å². The average Bonchev–Trinajstić information content (AvgIpc) is 3.03. The monoisotopic (exact) mass is 630 g/mol. The van der Waals surface area contributed by atoms with Gasteiger partial charge in [-0.2, -0.15) is 4.99 Å². The fourth-order valence-corrected chi connectivity index (χ4v) is 5.84. The van der Waals surface area contributed by atoms with Crippen molar-refractivity contribution in [2.24, 2.45) is 16.5 Å². The Kier molecular flexibility index (Phi) is 10.3. The minimum Gasteiger partial charge on any atom is -0.404 e. The van der Waals surface area contributed by atoms with E-state index in [9.17, 15) is 13.6 Å². The van der Waals surface area contributed by atoms with Crippen molar-refractivity contribution in [3.8, 4) is 0 Å². The molecule has 0 aromatic heterocycles. The maximum atomic E-state index is 14.0. The lowest BCUT2D eigenvalue weighted by Gasteiger charge is -2.34. The zero-order valence-electron chi connectivity index (χ0n) is 25.9. The third-order valence-electron chi connectivity index (χ3n) is 8.42. The Morgan fingerprint density at radius 3 is 2.37 bits per heavy atom. The molecule has 0 bridgehead atoms.